The number of benzene rings is 1. The van der Waals surface area contributed by atoms with Crippen molar-refractivity contribution in [2.24, 2.45) is 0 Å². The third kappa shape index (κ3) is 3.24. The van der Waals surface area contributed by atoms with Gasteiger partial charge in [0, 0.05) is 48.2 Å². The number of aromatic nitrogens is 2. The summed E-state index contributed by atoms with van der Waals surface area (Å²) in [4.78, 5) is 21.2. The second-order valence-electron chi connectivity index (χ2n) is 5.02. The van der Waals surface area contributed by atoms with Crippen molar-refractivity contribution in [1.29, 1.82) is 0 Å². The van der Waals surface area contributed by atoms with E-state index in [0.29, 0.717) is 5.02 Å². The SMILES string of the molecule is CC(=O)N1CCSC(c2cnc(-c3ccc(Cl)cc3)[nH]2)C1. The maximum absolute atomic E-state index is 11.5. The van der Waals surface area contributed by atoms with E-state index in [1.165, 1.54) is 0 Å². The highest BCUT2D eigenvalue weighted by atomic mass is 35.5. The van der Waals surface area contributed by atoms with E-state index < -0.39 is 0 Å². The standard InChI is InChI=1S/C15H16ClN3OS/c1-10(20)19-6-7-21-14(9-19)13-8-17-15(18-13)11-2-4-12(16)5-3-11/h2-5,8,14H,6-7,9H2,1H3,(H,17,18). The number of carbonyl (C=O) groups excluding carboxylic acids is 1. The monoisotopic (exact) mass is 321 g/mol. The first-order chi connectivity index (χ1) is 10.1. The summed E-state index contributed by atoms with van der Waals surface area (Å²) in [5, 5.41) is 0.974. The van der Waals surface area contributed by atoms with E-state index in [4.69, 9.17) is 11.6 Å². The Kier molecular flexibility index (Phi) is 4.22. The fourth-order valence-electron chi connectivity index (χ4n) is 2.38. The van der Waals surface area contributed by atoms with Gasteiger partial charge < -0.3 is 9.88 Å². The Hall–Kier alpha value is -1.46. The van der Waals surface area contributed by atoms with E-state index in [9.17, 15) is 4.79 Å². The lowest BCUT2D eigenvalue weighted by atomic mass is 10.2. The van der Waals surface area contributed by atoms with E-state index in [2.05, 4.69) is 9.97 Å². The molecular weight excluding hydrogens is 306 g/mol. The molecule has 2 aromatic rings. The van der Waals surface area contributed by atoms with Crippen LogP contribution in [0.2, 0.25) is 5.02 Å². The normalized spacial score (nSPS) is 18.8. The van der Waals surface area contributed by atoms with Crippen LogP contribution in [-0.4, -0.2) is 39.6 Å². The first-order valence-corrected chi connectivity index (χ1v) is 8.24. The van der Waals surface area contributed by atoms with Gasteiger partial charge in [-0.2, -0.15) is 0 Å². The first-order valence-electron chi connectivity index (χ1n) is 6.81. The van der Waals surface area contributed by atoms with Crippen molar-refractivity contribution >= 4 is 29.3 Å². The Morgan fingerprint density at radius 3 is 2.90 bits per heavy atom. The molecule has 1 aromatic heterocycles. The average Bonchev–Trinajstić information content (AvgIpc) is 2.98. The highest BCUT2D eigenvalue weighted by molar-refractivity contribution is 7.99. The molecule has 1 saturated heterocycles. The highest BCUT2D eigenvalue weighted by Crippen LogP contribution is 2.33. The highest BCUT2D eigenvalue weighted by Gasteiger charge is 2.24. The largest absolute Gasteiger partial charge is 0.341 e. The summed E-state index contributed by atoms with van der Waals surface area (Å²) in [7, 11) is 0. The maximum Gasteiger partial charge on any atom is 0.219 e. The van der Waals surface area contributed by atoms with Crippen molar-refractivity contribution in [2.45, 2.75) is 12.2 Å². The molecule has 4 nitrogen and oxygen atoms in total. The van der Waals surface area contributed by atoms with Crippen LogP contribution in [0.3, 0.4) is 0 Å². The van der Waals surface area contributed by atoms with Gasteiger partial charge in [0.05, 0.1) is 5.25 Å². The quantitative estimate of drug-likeness (QED) is 0.922. The fraction of sp³-hybridized carbons (Fsp3) is 0.333. The van der Waals surface area contributed by atoms with Crippen LogP contribution in [0.15, 0.2) is 30.5 Å². The number of nitrogens with zero attached hydrogens (tertiary/aromatic N) is 2. The molecule has 1 aliphatic heterocycles. The summed E-state index contributed by atoms with van der Waals surface area (Å²) in [6.45, 7) is 3.19. The van der Waals surface area contributed by atoms with E-state index in [1.807, 2.05) is 47.1 Å². The minimum Gasteiger partial charge on any atom is -0.341 e. The molecule has 1 aliphatic rings. The van der Waals surface area contributed by atoms with Crippen LogP contribution in [0.5, 0.6) is 0 Å². The molecule has 0 saturated carbocycles. The van der Waals surface area contributed by atoms with Crippen LogP contribution in [0.4, 0.5) is 0 Å². The Labute approximate surface area is 132 Å². The topological polar surface area (TPSA) is 49.0 Å². The number of carbonyl (C=O) groups is 1. The molecule has 0 aliphatic carbocycles. The van der Waals surface area contributed by atoms with Gasteiger partial charge in [-0.25, -0.2) is 4.98 Å². The van der Waals surface area contributed by atoms with Crippen molar-refractivity contribution in [3.63, 3.8) is 0 Å². The minimum atomic E-state index is 0.137. The molecule has 1 atom stereocenters. The van der Waals surface area contributed by atoms with Crippen molar-refractivity contribution in [3.05, 3.63) is 41.2 Å². The Morgan fingerprint density at radius 2 is 2.19 bits per heavy atom. The maximum atomic E-state index is 11.5. The lowest BCUT2D eigenvalue weighted by molar-refractivity contribution is -0.128. The zero-order chi connectivity index (χ0) is 14.8. The Bertz CT molecular complexity index is 641. The average molecular weight is 322 g/mol. The molecule has 1 aromatic carbocycles. The first kappa shape index (κ1) is 14.5. The van der Waals surface area contributed by atoms with Crippen LogP contribution < -0.4 is 0 Å². The summed E-state index contributed by atoms with van der Waals surface area (Å²) in [6.07, 6.45) is 1.87. The third-order valence-corrected chi connectivity index (χ3v) is 5.05. The van der Waals surface area contributed by atoms with Gasteiger partial charge in [-0.3, -0.25) is 4.79 Å². The molecule has 0 bridgehead atoms. The summed E-state index contributed by atoms with van der Waals surface area (Å²) < 4.78 is 0. The van der Waals surface area contributed by atoms with Gasteiger partial charge in [0.25, 0.3) is 0 Å². The molecule has 0 radical (unpaired) electrons. The molecule has 1 amide bonds. The number of imidazole rings is 1. The molecule has 21 heavy (non-hydrogen) atoms. The Morgan fingerprint density at radius 1 is 1.43 bits per heavy atom. The van der Waals surface area contributed by atoms with E-state index in [-0.39, 0.29) is 11.2 Å². The van der Waals surface area contributed by atoms with Crippen LogP contribution in [0.25, 0.3) is 11.4 Å². The predicted molar refractivity (Wildman–Crippen MR) is 86.5 cm³/mol. The van der Waals surface area contributed by atoms with Gasteiger partial charge in [0.15, 0.2) is 0 Å². The molecule has 1 unspecified atom stereocenters. The minimum absolute atomic E-state index is 0.137. The van der Waals surface area contributed by atoms with Crippen molar-refractivity contribution in [2.75, 3.05) is 18.8 Å². The molecule has 6 heteroatoms. The summed E-state index contributed by atoms with van der Waals surface area (Å²) >= 11 is 7.76. The van der Waals surface area contributed by atoms with Gasteiger partial charge in [0.1, 0.15) is 5.82 Å². The number of halogens is 1. The Balaban J connectivity index is 1.78. The van der Waals surface area contributed by atoms with E-state index in [0.717, 1.165) is 35.9 Å². The van der Waals surface area contributed by atoms with Gasteiger partial charge >= 0.3 is 0 Å². The third-order valence-electron chi connectivity index (χ3n) is 3.57. The number of nitrogens with one attached hydrogen (secondary N) is 1. The zero-order valence-electron chi connectivity index (χ0n) is 11.7. The number of H-pyrrole nitrogens is 1. The fourth-order valence-corrected chi connectivity index (χ4v) is 3.70. The molecule has 1 fully saturated rings. The van der Waals surface area contributed by atoms with Gasteiger partial charge in [0.2, 0.25) is 5.91 Å². The number of hydrogen-bond donors (Lipinski definition) is 1. The molecule has 3 rings (SSSR count). The van der Waals surface area contributed by atoms with Gasteiger partial charge in [-0.15, -0.1) is 11.8 Å². The number of hydrogen-bond acceptors (Lipinski definition) is 3. The van der Waals surface area contributed by atoms with Crippen LogP contribution >= 0.6 is 23.4 Å². The van der Waals surface area contributed by atoms with Crippen molar-refractivity contribution in [1.82, 2.24) is 14.9 Å². The van der Waals surface area contributed by atoms with Crippen molar-refractivity contribution < 1.29 is 4.79 Å². The van der Waals surface area contributed by atoms with Crippen LogP contribution in [0.1, 0.15) is 17.9 Å². The van der Waals surface area contributed by atoms with Gasteiger partial charge in [-0.05, 0) is 24.3 Å². The summed E-state index contributed by atoms with van der Waals surface area (Å²) in [5.74, 6) is 1.93. The molecule has 110 valence electrons. The lowest BCUT2D eigenvalue weighted by Crippen LogP contribution is -2.37. The smallest absolute Gasteiger partial charge is 0.219 e. The van der Waals surface area contributed by atoms with Crippen LogP contribution in [0, 0.1) is 0 Å². The second-order valence-corrected chi connectivity index (χ2v) is 6.77. The van der Waals surface area contributed by atoms with Crippen LogP contribution in [-0.2, 0) is 4.79 Å². The van der Waals surface area contributed by atoms with E-state index in [1.54, 1.807) is 6.92 Å². The lowest BCUT2D eigenvalue weighted by Gasteiger charge is -2.31. The number of thioether (sulfide) groups is 1. The van der Waals surface area contributed by atoms with Gasteiger partial charge in [-0.1, -0.05) is 11.6 Å². The second kappa shape index (κ2) is 6.12. The number of aromatic amines is 1. The number of rotatable bonds is 2. The number of amides is 1. The summed E-state index contributed by atoms with van der Waals surface area (Å²) in [6, 6.07) is 7.60. The predicted octanol–water partition coefficient (Wildman–Crippen LogP) is 3.37. The van der Waals surface area contributed by atoms with E-state index >= 15 is 0 Å². The summed E-state index contributed by atoms with van der Waals surface area (Å²) in [5.41, 5.74) is 2.07. The molecular formula is C15H16ClN3OS. The van der Waals surface area contributed by atoms with Crippen molar-refractivity contribution in [3.8, 4) is 11.4 Å². The zero-order valence-corrected chi connectivity index (χ0v) is 13.2. The molecule has 1 N–H and O–H groups in total. The molecule has 2 heterocycles. The molecule has 0 spiro atoms.